The summed E-state index contributed by atoms with van der Waals surface area (Å²) in [5.74, 6) is 0. The van der Waals surface area contributed by atoms with Gasteiger partial charge >= 0.3 is 6.98 Å². The zero-order valence-corrected chi connectivity index (χ0v) is 9.42. The molecule has 1 fully saturated rings. The van der Waals surface area contributed by atoms with Crippen molar-refractivity contribution in [2.45, 2.75) is 39.9 Å². The lowest BCUT2D eigenvalue weighted by molar-refractivity contribution is 0.283. The molecule has 0 N–H and O–H groups in total. The van der Waals surface area contributed by atoms with Crippen LogP contribution in [0.3, 0.4) is 0 Å². The molecule has 2 nitrogen and oxygen atoms in total. The Hall–Kier alpha value is -0.0151. The van der Waals surface area contributed by atoms with Crippen molar-refractivity contribution in [3.63, 3.8) is 0 Å². The molecule has 0 bridgehead atoms. The highest BCUT2D eigenvalue weighted by Crippen LogP contribution is 2.11. The second kappa shape index (κ2) is 5.66. The van der Waals surface area contributed by atoms with E-state index in [0.717, 1.165) is 0 Å². The third-order valence-corrected chi connectivity index (χ3v) is 2.97. The summed E-state index contributed by atoms with van der Waals surface area (Å²) in [4.78, 5) is 5.22. The third kappa shape index (κ3) is 2.99. The smallest absolute Gasteiger partial charge is 0.307 e. The maximum absolute atomic E-state index is 2.61. The molecule has 0 saturated carbocycles. The van der Waals surface area contributed by atoms with Crippen LogP contribution in [-0.4, -0.2) is 42.8 Å². The quantitative estimate of drug-likeness (QED) is 0.613. The second-order valence-electron chi connectivity index (χ2n) is 4.06. The van der Waals surface area contributed by atoms with Gasteiger partial charge < -0.3 is 9.62 Å². The van der Waals surface area contributed by atoms with Gasteiger partial charge in [-0.05, 0) is 45.4 Å². The largest absolute Gasteiger partial charge is 0.328 e. The van der Waals surface area contributed by atoms with Crippen molar-refractivity contribution in [2.75, 3.05) is 26.2 Å². The fourth-order valence-corrected chi connectivity index (χ4v) is 2.25. The number of nitrogens with zero attached hydrogens (tertiary/aromatic N) is 2. The van der Waals surface area contributed by atoms with Crippen molar-refractivity contribution < 1.29 is 0 Å². The molecule has 0 aromatic heterocycles. The van der Waals surface area contributed by atoms with Crippen LogP contribution in [0.25, 0.3) is 0 Å². The Morgan fingerprint density at radius 2 is 1.46 bits per heavy atom. The van der Waals surface area contributed by atoms with Crippen molar-refractivity contribution in [2.24, 2.45) is 0 Å². The van der Waals surface area contributed by atoms with Crippen LogP contribution in [0.4, 0.5) is 0 Å². The van der Waals surface area contributed by atoms with Gasteiger partial charge in [-0.2, -0.15) is 0 Å². The van der Waals surface area contributed by atoms with Gasteiger partial charge in [0.2, 0.25) is 0 Å². The number of hydrogen-bond acceptors (Lipinski definition) is 2. The fourth-order valence-electron chi connectivity index (χ4n) is 2.25. The van der Waals surface area contributed by atoms with Crippen molar-refractivity contribution in [3.8, 4) is 0 Å². The van der Waals surface area contributed by atoms with Crippen LogP contribution in [-0.2, 0) is 0 Å². The summed E-state index contributed by atoms with van der Waals surface area (Å²) >= 11 is 0. The lowest BCUT2D eigenvalue weighted by Gasteiger charge is -2.39. The van der Waals surface area contributed by atoms with Gasteiger partial charge in [-0.1, -0.05) is 20.7 Å². The lowest BCUT2D eigenvalue weighted by atomic mass is 9.72. The van der Waals surface area contributed by atoms with Crippen molar-refractivity contribution in [1.82, 2.24) is 9.62 Å². The molecule has 1 aliphatic heterocycles. The highest BCUT2D eigenvalue weighted by atomic mass is 15.2. The van der Waals surface area contributed by atoms with Crippen LogP contribution in [0.2, 0.25) is 6.82 Å². The van der Waals surface area contributed by atoms with Gasteiger partial charge in [0.1, 0.15) is 0 Å². The molecular formula is C10H23BN2. The van der Waals surface area contributed by atoms with Crippen LogP contribution in [0.5, 0.6) is 0 Å². The predicted octanol–water partition coefficient (Wildman–Crippen LogP) is 1.93. The highest BCUT2D eigenvalue weighted by Gasteiger charge is 2.27. The molecule has 13 heavy (non-hydrogen) atoms. The maximum Gasteiger partial charge on any atom is 0.307 e. The SMILES string of the molecule is CCCN1CCCN(CCC)B1C. The van der Waals surface area contributed by atoms with Crippen LogP contribution in [0.1, 0.15) is 33.1 Å². The van der Waals surface area contributed by atoms with E-state index in [1.54, 1.807) is 0 Å². The van der Waals surface area contributed by atoms with Gasteiger partial charge in [-0.15, -0.1) is 0 Å². The lowest BCUT2D eigenvalue weighted by Crippen LogP contribution is -2.56. The molecule has 0 spiro atoms. The van der Waals surface area contributed by atoms with Crippen LogP contribution in [0, 0.1) is 0 Å². The van der Waals surface area contributed by atoms with Gasteiger partial charge in [0.15, 0.2) is 0 Å². The zero-order chi connectivity index (χ0) is 9.68. The monoisotopic (exact) mass is 182 g/mol. The minimum absolute atomic E-state index is 0.675. The molecule has 3 heteroatoms. The number of hydrogen-bond donors (Lipinski definition) is 0. The van der Waals surface area contributed by atoms with E-state index in [1.807, 2.05) is 0 Å². The predicted molar refractivity (Wildman–Crippen MR) is 60.0 cm³/mol. The Kier molecular flexibility index (Phi) is 4.82. The van der Waals surface area contributed by atoms with Gasteiger partial charge in [-0.25, -0.2) is 0 Å². The number of rotatable bonds is 4. The molecule has 0 radical (unpaired) electrons. The van der Waals surface area contributed by atoms with E-state index >= 15 is 0 Å². The molecule has 1 rings (SSSR count). The van der Waals surface area contributed by atoms with E-state index in [4.69, 9.17) is 0 Å². The Morgan fingerprint density at radius 3 is 1.85 bits per heavy atom. The molecule has 0 aromatic rings. The Labute approximate surface area is 83.4 Å². The van der Waals surface area contributed by atoms with Gasteiger partial charge in [-0.3, -0.25) is 0 Å². The van der Waals surface area contributed by atoms with E-state index in [-0.39, 0.29) is 0 Å². The van der Waals surface area contributed by atoms with Crippen LogP contribution in [0.15, 0.2) is 0 Å². The Bertz CT molecular complexity index is 123. The summed E-state index contributed by atoms with van der Waals surface area (Å²) < 4.78 is 0. The van der Waals surface area contributed by atoms with Crippen molar-refractivity contribution in [1.29, 1.82) is 0 Å². The van der Waals surface area contributed by atoms with Gasteiger partial charge in [0.25, 0.3) is 0 Å². The molecule has 0 unspecified atom stereocenters. The first kappa shape index (κ1) is 11.1. The van der Waals surface area contributed by atoms with Crippen molar-refractivity contribution >= 4 is 6.98 Å². The van der Waals surface area contributed by atoms with Gasteiger partial charge in [0, 0.05) is 0 Å². The fraction of sp³-hybridized carbons (Fsp3) is 1.00. The maximum atomic E-state index is 2.61. The summed E-state index contributed by atoms with van der Waals surface area (Å²) in [5.41, 5.74) is 0. The first-order chi connectivity index (χ1) is 6.29. The van der Waals surface area contributed by atoms with E-state index in [0.29, 0.717) is 6.98 Å². The molecule has 0 amide bonds. The Morgan fingerprint density at radius 1 is 1.00 bits per heavy atom. The second-order valence-corrected chi connectivity index (χ2v) is 4.06. The Balaban J connectivity index is 2.40. The van der Waals surface area contributed by atoms with E-state index in [1.165, 1.54) is 45.4 Å². The minimum atomic E-state index is 0.675. The molecule has 0 aliphatic carbocycles. The first-order valence-corrected chi connectivity index (χ1v) is 5.77. The molecular weight excluding hydrogens is 159 g/mol. The van der Waals surface area contributed by atoms with Crippen LogP contribution >= 0.6 is 0 Å². The van der Waals surface area contributed by atoms with Crippen LogP contribution < -0.4 is 0 Å². The van der Waals surface area contributed by atoms with Gasteiger partial charge in [0.05, 0.1) is 0 Å². The normalized spacial score (nSPS) is 21.0. The highest BCUT2D eigenvalue weighted by molar-refractivity contribution is 6.51. The molecule has 1 aliphatic rings. The molecule has 0 atom stereocenters. The minimum Gasteiger partial charge on any atom is -0.328 e. The average Bonchev–Trinajstić information content (AvgIpc) is 2.13. The van der Waals surface area contributed by atoms with E-state index in [9.17, 15) is 0 Å². The summed E-state index contributed by atoms with van der Waals surface area (Å²) in [6, 6.07) is 0. The standard InChI is InChI=1S/C10H23BN2/c1-4-7-12-9-6-10-13(8-5-2)11(12)3/h4-10H2,1-3H3. The molecule has 1 heterocycles. The van der Waals surface area contributed by atoms with Crippen molar-refractivity contribution in [3.05, 3.63) is 0 Å². The molecule has 0 aromatic carbocycles. The average molecular weight is 182 g/mol. The summed E-state index contributed by atoms with van der Waals surface area (Å²) in [7, 11) is 0. The summed E-state index contributed by atoms with van der Waals surface area (Å²) in [6.07, 6.45) is 3.92. The van der Waals surface area contributed by atoms with E-state index in [2.05, 4.69) is 30.3 Å². The third-order valence-electron chi connectivity index (χ3n) is 2.97. The molecule has 1 saturated heterocycles. The topological polar surface area (TPSA) is 6.48 Å². The summed E-state index contributed by atoms with van der Waals surface area (Å²) in [6.45, 7) is 12.7. The van der Waals surface area contributed by atoms with E-state index < -0.39 is 0 Å². The summed E-state index contributed by atoms with van der Waals surface area (Å²) in [5, 5.41) is 0. The zero-order valence-electron chi connectivity index (χ0n) is 9.42. The molecule has 76 valence electrons. The first-order valence-electron chi connectivity index (χ1n) is 5.77.